The molecule has 2 aliphatic rings. The summed E-state index contributed by atoms with van der Waals surface area (Å²) in [7, 11) is -2.56. The Morgan fingerprint density at radius 2 is 1.81 bits per heavy atom. The summed E-state index contributed by atoms with van der Waals surface area (Å²) in [6, 6.07) is 13.9. The number of rotatable bonds is 12. The third kappa shape index (κ3) is 7.75. The molecular weight excluding hydrogens is 574 g/mol. The second kappa shape index (κ2) is 13.6. The lowest BCUT2D eigenvalue weighted by Gasteiger charge is -2.35. The number of alkyl carbamates (subject to hydrolysis) is 1. The molecule has 2 N–H and O–H groups in total. The van der Waals surface area contributed by atoms with Crippen molar-refractivity contribution >= 4 is 16.1 Å². The number of carbonyl (C=O) groups excluding carboxylic acids is 1. The summed E-state index contributed by atoms with van der Waals surface area (Å²) in [6.45, 7) is 2.73. The Bertz CT molecular complexity index is 1280. The summed E-state index contributed by atoms with van der Waals surface area (Å²) in [6.07, 6.45) is -4.52. The van der Waals surface area contributed by atoms with Crippen LogP contribution in [0, 0.1) is 11.8 Å². The van der Waals surface area contributed by atoms with Crippen molar-refractivity contribution in [3.05, 3.63) is 60.2 Å². The van der Waals surface area contributed by atoms with E-state index >= 15 is 0 Å². The summed E-state index contributed by atoms with van der Waals surface area (Å²) in [5.41, 5.74) is 0.761. The summed E-state index contributed by atoms with van der Waals surface area (Å²) in [4.78, 5) is 13.1. The van der Waals surface area contributed by atoms with E-state index in [1.165, 1.54) is 35.7 Å². The number of ether oxygens (including phenoxy) is 4. The van der Waals surface area contributed by atoms with Gasteiger partial charge in [-0.2, -0.15) is 4.31 Å². The number of amides is 1. The SMILES string of the molecule is COc1ccc(S(=O)(=O)N(CC(C)C)C[C@@H](O)[C@H](Cc2ccccc2)NC(=O)O[C@H]2CCO[C@H]3OCC(F)(F)[C@H]32)cc1. The van der Waals surface area contributed by atoms with Crippen LogP contribution < -0.4 is 10.1 Å². The van der Waals surface area contributed by atoms with Crippen molar-refractivity contribution in [2.45, 2.75) is 62.0 Å². The lowest BCUT2D eigenvalue weighted by molar-refractivity contribution is -0.194. The molecule has 10 nitrogen and oxygen atoms in total. The minimum atomic E-state index is -4.03. The molecule has 232 valence electrons. The molecule has 4 rings (SSSR count). The van der Waals surface area contributed by atoms with Crippen molar-refractivity contribution in [2.24, 2.45) is 11.8 Å². The molecule has 2 aliphatic heterocycles. The molecule has 2 aromatic carbocycles. The number of methoxy groups -OCH3 is 1. The molecule has 13 heteroatoms. The molecule has 5 atom stereocenters. The largest absolute Gasteiger partial charge is 0.497 e. The normalized spacial score (nSPS) is 23.3. The van der Waals surface area contributed by atoms with Crippen LogP contribution in [-0.4, -0.2) is 87.8 Å². The predicted octanol–water partition coefficient (Wildman–Crippen LogP) is 3.44. The van der Waals surface area contributed by atoms with Gasteiger partial charge in [0.15, 0.2) is 6.29 Å². The number of aliphatic hydroxyl groups is 1. The molecule has 1 amide bonds. The van der Waals surface area contributed by atoms with Crippen LogP contribution in [-0.2, 0) is 30.7 Å². The van der Waals surface area contributed by atoms with Gasteiger partial charge in [-0.3, -0.25) is 0 Å². The highest BCUT2D eigenvalue weighted by molar-refractivity contribution is 7.89. The fraction of sp³-hybridized carbons (Fsp3) is 0.552. The third-order valence-corrected chi connectivity index (χ3v) is 9.13. The number of benzene rings is 2. The van der Waals surface area contributed by atoms with Crippen molar-refractivity contribution in [2.75, 3.05) is 33.4 Å². The number of alkyl halides is 2. The fourth-order valence-electron chi connectivity index (χ4n) is 5.19. The zero-order valence-corrected chi connectivity index (χ0v) is 24.6. The smallest absolute Gasteiger partial charge is 0.407 e. The number of fused-ring (bicyclic) bond motifs is 1. The van der Waals surface area contributed by atoms with Gasteiger partial charge in [-0.05, 0) is 42.2 Å². The molecule has 0 bridgehead atoms. The van der Waals surface area contributed by atoms with E-state index in [1.807, 2.05) is 19.9 Å². The number of carbonyl (C=O) groups is 1. The number of nitrogens with zero attached hydrogens (tertiary/aromatic N) is 1. The first-order valence-corrected chi connectivity index (χ1v) is 15.3. The van der Waals surface area contributed by atoms with E-state index in [4.69, 9.17) is 18.9 Å². The second-order valence-corrected chi connectivity index (χ2v) is 12.9. The first-order chi connectivity index (χ1) is 19.9. The van der Waals surface area contributed by atoms with E-state index in [2.05, 4.69) is 5.32 Å². The Morgan fingerprint density at radius 3 is 2.45 bits per heavy atom. The fourth-order valence-corrected chi connectivity index (χ4v) is 6.81. The van der Waals surface area contributed by atoms with Gasteiger partial charge in [0.2, 0.25) is 10.0 Å². The highest BCUT2D eigenvalue weighted by atomic mass is 32.2. The Labute approximate surface area is 244 Å². The van der Waals surface area contributed by atoms with Crippen LogP contribution in [0.2, 0.25) is 0 Å². The first-order valence-electron chi connectivity index (χ1n) is 13.8. The van der Waals surface area contributed by atoms with Crippen LogP contribution in [0.1, 0.15) is 25.8 Å². The zero-order valence-electron chi connectivity index (χ0n) is 23.8. The lowest BCUT2D eigenvalue weighted by Crippen LogP contribution is -2.53. The maximum atomic E-state index is 14.5. The van der Waals surface area contributed by atoms with Gasteiger partial charge in [-0.1, -0.05) is 44.2 Å². The average Bonchev–Trinajstić information content (AvgIpc) is 3.27. The molecule has 2 heterocycles. The maximum absolute atomic E-state index is 14.5. The minimum absolute atomic E-state index is 0.0249. The molecule has 0 unspecified atom stereocenters. The lowest BCUT2D eigenvalue weighted by atomic mass is 9.92. The topological polar surface area (TPSA) is 124 Å². The Morgan fingerprint density at radius 1 is 1.12 bits per heavy atom. The predicted molar refractivity (Wildman–Crippen MR) is 149 cm³/mol. The van der Waals surface area contributed by atoms with Gasteiger partial charge < -0.3 is 29.4 Å². The van der Waals surface area contributed by atoms with Crippen molar-refractivity contribution in [3.8, 4) is 5.75 Å². The standard InChI is InChI=1S/C29H38F2N2O8S/c1-19(2)16-33(42(36,37)22-11-9-21(38-3)10-12-22)17-24(34)23(15-20-7-5-4-6-8-20)32-28(35)41-25-13-14-39-27-26(25)29(30,31)18-40-27/h4-12,19,23-27,34H,13-18H2,1-3H3,(H,32,35)/t23-,24+,25-,26-,27-/m0/s1. The molecule has 0 aromatic heterocycles. The molecule has 0 spiro atoms. The van der Waals surface area contributed by atoms with Crippen molar-refractivity contribution in [1.29, 1.82) is 0 Å². The first kappa shape index (κ1) is 32.1. The Balaban J connectivity index is 1.53. The van der Waals surface area contributed by atoms with Gasteiger partial charge in [-0.15, -0.1) is 0 Å². The zero-order chi connectivity index (χ0) is 30.5. The number of sulfonamides is 1. The van der Waals surface area contributed by atoms with Gasteiger partial charge in [0.25, 0.3) is 5.92 Å². The third-order valence-electron chi connectivity index (χ3n) is 7.29. The van der Waals surface area contributed by atoms with E-state index in [1.54, 1.807) is 24.3 Å². The summed E-state index contributed by atoms with van der Waals surface area (Å²) in [5.74, 6) is -4.27. The Kier molecular flexibility index (Phi) is 10.4. The number of halogens is 2. The van der Waals surface area contributed by atoms with Crippen LogP contribution in [0.15, 0.2) is 59.5 Å². The van der Waals surface area contributed by atoms with E-state index in [-0.39, 0.29) is 43.4 Å². The molecule has 2 fully saturated rings. The van der Waals surface area contributed by atoms with Crippen molar-refractivity contribution < 1.29 is 46.0 Å². The van der Waals surface area contributed by atoms with Gasteiger partial charge >= 0.3 is 6.09 Å². The summed E-state index contributed by atoms with van der Waals surface area (Å²) in [5, 5.41) is 14.0. The second-order valence-electron chi connectivity index (χ2n) is 11.0. The van der Waals surface area contributed by atoms with Gasteiger partial charge in [0.1, 0.15) is 24.4 Å². The van der Waals surface area contributed by atoms with Crippen LogP contribution >= 0.6 is 0 Å². The number of nitrogens with one attached hydrogen (secondary N) is 1. The molecule has 2 aromatic rings. The molecule has 0 saturated carbocycles. The monoisotopic (exact) mass is 612 g/mol. The van der Waals surface area contributed by atoms with Crippen LogP contribution in [0.5, 0.6) is 5.75 Å². The molecule has 42 heavy (non-hydrogen) atoms. The van der Waals surface area contributed by atoms with Gasteiger partial charge in [0, 0.05) is 19.5 Å². The Hall–Kier alpha value is -2.84. The molecular formula is C29H38F2N2O8S. The van der Waals surface area contributed by atoms with Crippen LogP contribution in [0.3, 0.4) is 0 Å². The van der Waals surface area contributed by atoms with Crippen molar-refractivity contribution in [1.82, 2.24) is 9.62 Å². The molecule has 0 radical (unpaired) electrons. The van der Waals surface area contributed by atoms with Crippen molar-refractivity contribution in [3.63, 3.8) is 0 Å². The van der Waals surface area contributed by atoms with E-state index < -0.39 is 59.1 Å². The molecule has 0 aliphatic carbocycles. The number of aliphatic hydroxyl groups excluding tert-OH is 1. The van der Waals surface area contributed by atoms with Crippen LogP contribution in [0.4, 0.5) is 13.6 Å². The number of hydrogen-bond donors (Lipinski definition) is 2. The highest BCUT2D eigenvalue weighted by Crippen LogP contribution is 2.43. The van der Waals surface area contributed by atoms with E-state index in [0.717, 1.165) is 5.56 Å². The highest BCUT2D eigenvalue weighted by Gasteiger charge is 2.58. The molecule has 2 saturated heterocycles. The summed E-state index contributed by atoms with van der Waals surface area (Å²) < 4.78 is 78.2. The summed E-state index contributed by atoms with van der Waals surface area (Å²) >= 11 is 0. The quantitative estimate of drug-likeness (QED) is 0.374. The van der Waals surface area contributed by atoms with Crippen LogP contribution in [0.25, 0.3) is 0 Å². The van der Waals surface area contributed by atoms with Gasteiger partial charge in [-0.25, -0.2) is 22.0 Å². The van der Waals surface area contributed by atoms with Gasteiger partial charge in [0.05, 0.1) is 30.8 Å². The van der Waals surface area contributed by atoms with E-state index in [0.29, 0.717) is 5.75 Å². The number of hydrogen-bond acceptors (Lipinski definition) is 8. The minimum Gasteiger partial charge on any atom is -0.497 e. The average molecular weight is 613 g/mol. The van der Waals surface area contributed by atoms with E-state index in [9.17, 15) is 27.1 Å². The maximum Gasteiger partial charge on any atom is 0.407 e.